The minimum atomic E-state index is -0.115. The number of carbonyl (C=O) groups is 1. The third-order valence-corrected chi connectivity index (χ3v) is 9.17. The van der Waals surface area contributed by atoms with Crippen LogP contribution in [0.1, 0.15) is 86.2 Å². The van der Waals surface area contributed by atoms with Crippen LogP contribution in [0.5, 0.6) is 0 Å². The summed E-state index contributed by atoms with van der Waals surface area (Å²) < 4.78 is 13.0. The second-order valence-electron chi connectivity index (χ2n) is 8.75. The maximum Gasteiger partial charge on any atom is 0.348 e. The van der Waals surface area contributed by atoms with Crippen LogP contribution in [0.25, 0.3) is 9.40 Å². The molecule has 0 unspecified atom stereocenters. The molecule has 4 rings (SSSR count). The number of thiophene rings is 2. The fourth-order valence-electron chi connectivity index (χ4n) is 5.21. The van der Waals surface area contributed by atoms with E-state index < -0.39 is 0 Å². The number of ether oxygens (including phenoxy) is 2. The number of fused-ring (bicyclic) bond motifs is 1. The molecule has 2 fully saturated rings. The Morgan fingerprint density at radius 2 is 1.59 bits per heavy atom. The standard InChI is InChI=1S/C24H34O3S2/c1-3-5-21-14-18-15-22(29-24(18)28-21)23(25)27-20-12-8-17(9-13-20)16-6-10-19(11-7-16)26-4-2/h14-17,19-20H,3-13H2,1-2H3. The molecule has 3 nitrogen and oxygen atoms in total. The van der Waals surface area contributed by atoms with Crippen LogP contribution < -0.4 is 0 Å². The van der Waals surface area contributed by atoms with Gasteiger partial charge in [0.25, 0.3) is 0 Å². The Hall–Kier alpha value is -0.910. The Bertz CT molecular complexity index is 761. The highest BCUT2D eigenvalue weighted by atomic mass is 32.2. The molecule has 29 heavy (non-hydrogen) atoms. The van der Waals surface area contributed by atoms with E-state index in [0.717, 1.165) is 42.6 Å². The smallest absolute Gasteiger partial charge is 0.348 e. The summed E-state index contributed by atoms with van der Waals surface area (Å²) in [5.41, 5.74) is 0. The first-order valence-electron chi connectivity index (χ1n) is 11.5. The van der Waals surface area contributed by atoms with E-state index in [2.05, 4.69) is 19.9 Å². The van der Waals surface area contributed by atoms with Crippen LogP contribution in [-0.2, 0) is 15.9 Å². The number of rotatable bonds is 7. The highest BCUT2D eigenvalue weighted by molar-refractivity contribution is 7.39. The molecule has 160 valence electrons. The van der Waals surface area contributed by atoms with Gasteiger partial charge in [0.15, 0.2) is 0 Å². The van der Waals surface area contributed by atoms with Gasteiger partial charge in [-0.3, -0.25) is 0 Å². The van der Waals surface area contributed by atoms with Crippen molar-refractivity contribution in [2.75, 3.05) is 6.61 Å². The van der Waals surface area contributed by atoms with Gasteiger partial charge in [0, 0.05) is 16.9 Å². The summed E-state index contributed by atoms with van der Waals surface area (Å²) in [6, 6.07) is 4.27. The van der Waals surface area contributed by atoms with Crippen LogP contribution in [0.4, 0.5) is 0 Å². The Morgan fingerprint density at radius 3 is 2.17 bits per heavy atom. The molecule has 2 aromatic heterocycles. The monoisotopic (exact) mass is 434 g/mol. The third-order valence-electron chi connectivity index (χ3n) is 6.74. The second-order valence-corrected chi connectivity index (χ2v) is 11.2. The lowest BCUT2D eigenvalue weighted by molar-refractivity contribution is -0.00172. The molecule has 0 bridgehead atoms. The van der Waals surface area contributed by atoms with Gasteiger partial charge in [-0.15, -0.1) is 22.7 Å². The van der Waals surface area contributed by atoms with Gasteiger partial charge in [-0.1, -0.05) is 13.3 Å². The Morgan fingerprint density at radius 1 is 0.931 bits per heavy atom. The first-order valence-corrected chi connectivity index (χ1v) is 13.1. The topological polar surface area (TPSA) is 35.5 Å². The molecular formula is C24H34O3S2. The third kappa shape index (κ3) is 5.23. The molecule has 0 atom stereocenters. The Kier molecular flexibility index (Phi) is 7.30. The van der Waals surface area contributed by atoms with Crippen LogP contribution in [-0.4, -0.2) is 24.8 Å². The van der Waals surface area contributed by atoms with Gasteiger partial charge in [0.05, 0.1) is 10.1 Å². The van der Waals surface area contributed by atoms with E-state index in [9.17, 15) is 4.79 Å². The lowest BCUT2D eigenvalue weighted by Crippen LogP contribution is -2.31. The van der Waals surface area contributed by atoms with Crippen LogP contribution in [0, 0.1) is 11.8 Å². The van der Waals surface area contributed by atoms with Crippen molar-refractivity contribution in [2.24, 2.45) is 11.8 Å². The van der Waals surface area contributed by atoms with Gasteiger partial charge in [-0.25, -0.2) is 4.79 Å². The van der Waals surface area contributed by atoms with Gasteiger partial charge in [-0.05, 0) is 88.7 Å². The van der Waals surface area contributed by atoms with Crippen molar-refractivity contribution < 1.29 is 14.3 Å². The molecule has 2 aromatic rings. The van der Waals surface area contributed by atoms with Crippen molar-refractivity contribution in [3.05, 3.63) is 21.9 Å². The van der Waals surface area contributed by atoms with E-state index >= 15 is 0 Å². The largest absolute Gasteiger partial charge is 0.458 e. The zero-order valence-electron chi connectivity index (χ0n) is 17.8. The molecule has 0 amide bonds. The van der Waals surface area contributed by atoms with Crippen molar-refractivity contribution >= 4 is 38.0 Å². The summed E-state index contributed by atoms with van der Waals surface area (Å²) in [4.78, 5) is 14.8. The predicted molar refractivity (Wildman–Crippen MR) is 122 cm³/mol. The first-order chi connectivity index (χ1) is 14.2. The van der Waals surface area contributed by atoms with Crippen molar-refractivity contribution in [3.8, 4) is 0 Å². The van der Waals surface area contributed by atoms with Gasteiger partial charge in [0.1, 0.15) is 11.0 Å². The first kappa shape index (κ1) is 21.3. The SMILES string of the molecule is CCCc1cc2cc(C(=O)OC3CCC(C4CCC(OCC)CC4)CC3)sc2s1. The zero-order valence-corrected chi connectivity index (χ0v) is 19.4. The van der Waals surface area contributed by atoms with E-state index in [-0.39, 0.29) is 12.1 Å². The average molecular weight is 435 g/mol. The molecule has 0 saturated heterocycles. The van der Waals surface area contributed by atoms with Crippen molar-refractivity contribution in [1.82, 2.24) is 0 Å². The molecule has 2 aliphatic carbocycles. The summed E-state index contributed by atoms with van der Waals surface area (Å²) in [5, 5.41) is 1.21. The van der Waals surface area contributed by atoms with Crippen LogP contribution in [0.15, 0.2) is 12.1 Å². The Labute approximate surface area is 182 Å². The van der Waals surface area contributed by atoms with Crippen molar-refractivity contribution in [2.45, 2.75) is 90.3 Å². The van der Waals surface area contributed by atoms with Crippen LogP contribution in [0.2, 0.25) is 0 Å². The van der Waals surface area contributed by atoms with Gasteiger partial charge >= 0.3 is 5.97 Å². The molecule has 2 heterocycles. The second kappa shape index (κ2) is 9.93. The molecule has 0 N–H and O–H groups in total. The van der Waals surface area contributed by atoms with Crippen molar-refractivity contribution in [3.63, 3.8) is 0 Å². The quantitative estimate of drug-likeness (QED) is 0.431. The molecule has 5 heteroatoms. The molecule has 0 spiro atoms. The van der Waals surface area contributed by atoms with Gasteiger partial charge < -0.3 is 9.47 Å². The number of esters is 1. The number of aryl methyl sites for hydroxylation is 1. The molecule has 0 radical (unpaired) electrons. The molecule has 2 saturated carbocycles. The van der Waals surface area contributed by atoms with Gasteiger partial charge in [0.2, 0.25) is 0 Å². The predicted octanol–water partition coefficient (Wildman–Crippen LogP) is 7.23. The Balaban J connectivity index is 1.24. The highest BCUT2D eigenvalue weighted by Gasteiger charge is 2.32. The molecule has 0 aliphatic heterocycles. The summed E-state index contributed by atoms with van der Waals surface area (Å²) in [6.45, 7) is 5.14. The molecular weight excluding hydrogens is 400 g/mol. The fourth-order valence-corrected chi connectivity index (χ4v) is 7.69. The van der Waals surface area contributed by atoms with Gasteiger partial charge in [-0.2, -0.15) is 0 Å². The fraction of sp³-hybridized carbons (Fsp3) is 0.708. The van der Waals surface area contributed by atoms with E-state index in [4.69, 9.17) is 9.47 Å². The number of carbonyl (C=O) groups excluding carboxylic acids is 1. The van der Waals surface area contributed by atoms with E-state index in [1.807, 2.05) is 17.4 Å². The normalized spacial score (nSPS) is 27.9. The van der Waals surface area contributed by atoms with E-state index in [0.29, 0.717) is 6.10 Å². The number of hydrogen-bond acceptors (Lipinski definition) is 5. The minimum absolute atomic E-state index is 0.106. The van der Waals surface area contributed by atoms with E-state index in [1.54, 1.807) is 11.3 Å². The van der Waals surface area contributed by atoms with Crippen LogP contribution in [0.3, 0.4) is 0 Å². The molecule has 0 aromatic carbocycles. The summed E-state index contributed by atoms with van der Waals surface area (Å²) in [7, 11) is 0. The summed E-state index contributed by atoms with van der Waals surface area (Å²) in [5.74, 6) is 1.55. The lowest BCUT2D eigenvalue weighted by atomic mass is 9.72. The minimum Gasteiger partial charge on any atom is -0.458 e. The lowest BCUT2D eigenvalue weighted by Gasteiger charge is -2.37. The van der Waals surface area contributed by atoms with Crippen molar-refractivity contribution in [1.29, 1.82) is 0 Å². The summed E-state index contributed by atoms with van der Waals surface area (Å²) in [6.07, 6.45) is 12.4. The maximum atomic E-state index is 12.7. The maximum absolute atomic E-state index is 12.7. The summed E-state index contributed by atoms with van der Waals surface area (Å²) >= 11 is 3.43. The highest BCUT2D eigenvalue weighted by Crippen LogP contribution is 2.40. The molecule has 2 aliphatic rings. The van der Waals surface area contributed by atoms with E-state index in [1.165, 1.54) is 59.2 Å². The number of hydrogen-bond donors (Lipinski definition) is 0. The van der Waals surface area contributed by atoms with Crippen LogP contribution >= 0.6 is 22.7 Å². The zero-order chi connectivity index (χ0) is 20.2. The average Bonchev–Trinajstić information content (AvgIpc) is 3.29.